The van der Waals surface area contributed by atoms with Crippen molar-refractivity contribution in [3.05, 3.63) is 0 Å². The fourth-order valence-corrected chi connectivity index (χ4v) is 2.03. The molecule has 0 spiro atoms. The lowest BCUT2D eigenvalue weighted by atomic mass is 10.2. The van der Waals surface area contributed by atoms with Crippen LogP contribution in [0.5, 0.6) is 0 Å². The summed E-state index contributed by atoms with van der Waals surface area (Å²) < 4.78 is 0. The summed E-state index contributed by atoms with van der Waals surface area (Å²) >= 11 is 0. The SMILES string of the molecule is CCN(C(C)CNCC(C)C)C1CC1. The van der Waals surface area contributed by atoms with Crippen LogP contribution in [-0.2, 0) is 0 Å². The summed E-state index contributed by atoms with van der Waals surface area (Å²) in [6.45, 7) is 12.6. The van der Waals surface area contributed by atoms with Gasteiger partial charge in [-0.25, -0.2) is 0 Å². The van der Waals surface area contributed by atoms with Gasteiger partial charge >= 0.3 is 0 Å². The minimum Gasteiger partial charge on any atom is -0.315 e. The molecule has 1 atom stereocenters. The van der Waals surface area contributed by atoms with Gasteiger partial charge < -0.3 is 5.32 Å². The fraction of sp³-hybridized carbons (Fsp3) is 1.00. The Hall–Kier alpha value is -0.0800. The largest absolute Gasteiger partial charge is 0.315 e. The van der Waals surface area contributed by atoms with Gasteiger partial charge in [0.05, 0.1) is 0 Å². The first-order valence-electron chi connectivity index (χ1n) is 6.11. The Kier molecular flexibility index (Phi) is 4.90. The summed E-state index contributed by atoms with van der Waals surface area (Å²) in [5.41, 5.74) is 0. The summed E-state index contributed by atoms with van der Waals surface area (Å²) in [4.78, 5) is 2.63. The molecule has 0 radical (unpaired) electrons. The zero-order valence-electron chi connectivity index (χ0n) is 10.2. The predicted molar refractivity (Wildman–Crippen MR) is 62.6 cm³/mol. The van der Waals surface area contributed by atoms with Gasteiger partial charge in [-0.2, -0.15) is 0 Å². The highest BCUT2D eigenvalue weighted by Crippen LogP contribution is 2.27. The topological polar surface area (TPSA) is 15.3 Å². The summed E-state index contributed by atoms with van der Waals surface area (Å²) in [6, 6.07) is 1.60. The quantitative estimate of drug-likeness (QED) is 0.674. The van der Waals surface area contributed by atoms with Crippen molar-refractivity contribution in [2.24, 2.45) is 5.92 Å². The number of nitrogens with one attached hydrogen (secondary N) is 1. The third-order valence-electron chi connectivity index (χ3n) is 2.94. The molecule has 1 rings (SSSR count). The molecule has 0 aromatic heterocycles. The number of hydrogen-bond acceptors (Lipinski definition) is 2. The second-order valence-corrected chi connectivity index (χ2v) is 4.96. The van der Waals surface area contributed by atoms with Crippen LogP contribution in [-0.4, -0.2) is 36.6 Å². The summed E-state index contributed by atoms with van der Waals surface area (Å²) in [5.74, 6) is 0.762. The monoisotopic (exact) mass is 198 g/mol. The first kappa shape index (κ1) is 12.0. The van der Waals surface area contributed by atoms with Crippen molar-refractivity contribution in [1.82, 2.24) is 10.2 Å². The Labute approximate surface area is 89.1 Å². The second-order valence-electron chi connectivity index (χ2n) is 4.96. The molecule has 1 N–H and O–H groups in total. The van der Waals surface area contributed by atoms with Gasteiger partial charge in [0.2, 0.25) is 0 Å². The maximum Gasteiger partial charge on any atom is 0.0195 e. The Balaban J connectivity index is 2.15. The van der Waals surface area contributed by atoms with Crippen LogP contribution < -0.4 is 5.32 Å². The van der Waals surface area contributed by atoms with Crippen LogP contribution in [0.4, 0.5) is 0 Å². The lowest BCUT2D eigenvalue weighted by Crippen LogP contribution is -2.42. The normalized spacial score (nSPS) is 19.3. The fourth-order valence-electron chi connectivity index (χ4n) is 2.03. The van der Waals surface area contributed by atoms with E-state index in [1.165, 1.54) is 19.4 Å². The van der Waals surface area contributed by atoms with Crippen LogP contribution in [0, 0.1) is 5.92 Å². The van der Waals surface area contributed by atoms with E-state index in [2.05, 4.69) is 37.9 Å². The van der Waals surface area contributed by atoms with E-state index < -0.39 is 0 Å². The molecule has 2 heteroatoms. The molecule has 1 unspecified atom stereocenters. The van der Waals surface area contributed by atoms with Crippen LogP contribution in [0.3, 0.4) is 0 Å². The van der Waals surface area contributed by atoms with Crippen LogP contribution in [0.1, 0.15) is 40.5 Å². The molecular formula is C12H26N2. The number of likely N-dealkylation sites (N-methyl/N-ethyl adjacent to an activating group) is 1. The zero-order valence-corrected chi connectivity index (χ0v) is 10.2. The van der Waals surface area contributed by atoms with Gasteiger partial charge in [0.25, 0.3) is 0 Å². The van der Waals surface area contributed by atoms with Crippen molar-refractivity contribution < 1.29 is 0 Å². The minimum absolute atomic E-state index is 0.700. The van der Waals surface area contributed by atoms with Crippen molar-refractivity contribution in [1.29, 1.82) is 0 Å². The van der Waals surface area contributed by atoms with Crippen molar-refractivity contribution in [2.75, 3.05) is 19.6 Å². The molecule has 1 aliphatic carbocycles. The van der Waals surface area contributed by atoms with Crippen LogP contribution in [0.15, 0.2) is 0 Å². The maximum atomic E-state index is 3.54. The lowest BCUT2D eigenvalue weighted by molar-refractivity contribution is 0.203. The van der Waals surface area contributed by atoms with Crippen LogP contribution in [0.2, 0.25) is 0 Å². The Morgan fingerprint density at radius 3 is 2.29 bits per heavy atom. The van der Waals surface area contributed by atoms with Gasteiger partial charge in [-0.3, -0.25) is 4.90 Å². The molecule has 84 valence electrons. The smallest absolute Gasteiger partial charge is 0.0195 e. The summed E-state index contributed by atoms with van der Waals surface area (Å²) in [5, 5.41) is 3.54. The lowest BCUT2D eigenvalue weighted by Gasteiger charge is -2.28. The number of rotatable bonds is 7. The average Bonchev–Trinajstić information content (AvgIpc) is 2.89. The van der Waals surface area contributed by atoms with Crippen molar-refractivity contribution in [3.63, 3.8) is 0 Å². The highest BCUT2D eigenvalue weighted by molar-refractivity contribution is 4.87. The van der Waals surface area contributed by atoms with E-state index in [1.54, 1.807) is 0 Å². The third-order valence-corrected chi connectivity index (χ3v) is 2.94. The standard InChI is InChI=1S/C12H26N2/c1-5-14(12-6-7-12)11(4)9-13-8-10(2)3/h10-13H,5-9H2,1-4H3. The average molecular weight is 198 g/mol. The van der Waals surface area contributed by atoms with Gasteiger partial charge in [0.15, 0.2) is 0 Å². The van der Waals surface area contributed by atoms with Crippen molar-refractivity contribution >= 4 is 0 Å². The maximum absolute atomic E-state index is 3.54. The molecule has 14 heavy (non-hydrogen) atoms. The summed E-state index contributed by atoms with van der Waals surface area (Å²) in [6.07, 6.45) is 2.84. The predicted octanol–water partition coefficient (Wildman–Crippen LogP) is 2.10. The molecule has 2 nitrogen and oxygen atoms in total. The molecule has 0 heterocycles. The molecule has 0 aromatic carbocycles. The van der Waals surface area contributed by atoms with E-state index in [1.807, 2.05) is 0 Å². The van der Waals surface area contributed by atoms with E-state index in [9.17, 15) is 0 Å². The summed E-state index contributed by atoms with van der Waals surface area (Å²) in [7, 11) is 0. The molecule has 0 aromatic rings. The molecule has 0 bridgehead atoms. The Morgan fingerprint density at radius 2 is 1.86 bits per heavy atom. The molecule has 1 fully saturated rings. The molecule has 0 amide bonds. The van der Waals surface area contributed by atoms with Crippen LogP contribution in [0.25, 0.3) is 0 Å². The highest BCUT2D eigenvalue weighted by Gasteiger charge is 2.30. The van der Waals surface area contributed by atoms with Gasteiger partial charge in [-0.05, 0) is 38.8 Å². The van der Waals surface area contributed by atoms with E-state index in [4.69, 9.17) is 0 Å². The first-order chi connectivity index (χ1) is 6.65. The van der Waals surface area contributed by atoms with E-state index >= 15 is 0 Å². The van der Waals surface area contributed by atoms with E-state index in [0.717, 1.165) is 25.0 Å². The molecule has 0 saturated heterocycles. The molecule has 1 saturated carbocycles. The molecule has 1 aliphatic rings. The second kappa shape index (κ2) is 5.72. The van der Waals surface area contributed by atoms with Gasteiger partial charge in [0, 0.05) is 18.6 Å². The zero-order chi connectivity index (χ0) is 10.6. The van der Waals surface area contributed by atoms with Gasteiger partial charge in [-0.15, -0.1) is 0 Å². The molecular weight excluding hydrogens is 172 g/mol. The van der Waals surface area contributed by atoms with Gasteiger partial charge in [0.1, 0.15) is 0 Å². The van der Waals surface area contributed by atoms with Crippen molar-refractivity contribution in [2.45, 2.75) is 52.6 Å². The van der Waals surface area contributed by atoms with E-state index in [0.29, 0.717) is 6.04 Å². The minimum atomic E-state index is 0.700. The van der Waals surface area contributed by atoms with Crippen molar-refractivity contribution in [3.8, 4) is 0 Å². The van der Waals surface area contributed by atoms with Crippen LogP contribution >= 0.6 is 0 Å². The third kappa shape index (κ3) is 3.97. The first-order valence-corrected chi connectivity index (χ1v) is 6.11. The Bertz CT molecular complexity index is 152. The molecule has 0 aliphatic heterocycles. The number of nitrogens with zero attached hydrogens (tertiary/aromatic N) is 1. The van der Waals surface area contributed by atoms with Gasteiger partial charge in [-0.1, -0.05) is 20.8 Å². The highest BCUT2D eigenvalue weighted by atomic mass is 15.2. The number of hydrogen-bond donors (Lipinski definition) is 1. The van der Waals surface area contributed by atoms with E-state index in [-0.39, 0.29) is 0 Å². The Morgan fingerprint density at radius 1 is 1.21 bits per heavy atom.